The van der Waals surface area contributed by atoms with Crippen molar-refractivity contribution in [2.45, 2.75) is 13.5 Å². The molecule has 2 rings (SSSR count). The van der Waals surface area contributed by atoms with E-state index < -0.39 is 0 Å². The molecule has 1 saturated heterocycles. The van der Waals surface area contributed by atoms with Gasteiger partial charge in [0.2, 0.25) is 0 Å². The summed E-state index contributed by atoms with van der Waals surface area (Å²) in [5.74, 6) is 0. The highest BCUT2D eigenvalue weighted by Crippen LogP contribution is 2.14. The Labute approximate surface area is 80.6 Å². The van der Waals surface area contributed by atoms with Crippen LogP contribution in [0.5, 0.6) is 0 Å². The summed E-state index contributed by atoms with van der Waals surface area (Å²) in [5.41, 5.74) is 0. The van der Waals surface area contributed by atoms with E-state index in [4.69, 9.17) is 0 Å². The lowest BCUT2D eigenvalue weighted by atomic mass is 10.5. The number of hydrogen-bond donors (Lipinski definition) is 1. The predicted octanol–water partition coefficient (Wildman–Crippen LogP) is 0.977. The Morgan fingerprint density at radius 1 is 1.77 bits per heavy atom. The van der Waals surface area contributed by atoms with Gasteiger partial charge in [0.1, 0.15) is 0 Å². The van der Waals surface area contributed by atoms with Gasteiger partial charge in [-0.1, -0.05) is 0 Å². The zero-order valence-corrected chi connectivity index (χ0v) is 8.23. The summed E-state index contributed by atoms with van der Waals surface area (Å²) in [5, 5.41) is 3.82. The molecule has 2 amide bonds. The monoisotopic (exact) mass is 197 g/mol. The molecule has 0 unspecified atom stereocenters. The number of urea groups is 1. The third-order valence-corrected chi connectivity index (χ3v) is 2.86. The van der Waals surface area contributed by atoms with Gasteiger partial charge in [-0.2, -0.15) is 0 Å². The number of carbonyl (C=O) groups is 1. The van der Waals surface area contributed by atoms with Crippen LogP contribution in [-0.4, -0.2) is 29.0 Å². The van der Waals surface area contributed by atoms with Gasteiger partial charge in [-0.15, -0.1) is 11.3 Å². The molecule has 1 aliphatic heterocycles. The van der Waals surface area contributed by atoms with E-state index in [0.717, 1.165) is 23.0 Å². The van der Waals surface area contributed by atoms with Crippen LogP contribution in [0.1, 0.15) is 9.88 Å². The topological polar surface area (TPSA) is 45.2 Å². The van der Waals surface area contributed by atoms with E-state index in [1.807, 2.05) is 13.1 Å². The molecule has 0 aromatic carbocycles. The molecule has 0 atom stereocenters. The smallest absolute Gasteiger partial charge is 0.317 e. The van der Waals surface area contributed by atoms with Crippen molar-refractivity contribution < 1.29 is 4.79 Å². The third kappa shape index (κ3) is 1.80. The van der Waals surface area contributed by atoms with Crippen LogP contribution in [0.3, 0.4) is 0 Å². The summed E-state index contributed by atoms with van der Waals surface area (Å²) in [6.45, 7) is 4.22. The summed E-state index contributed by atoms with van der Waals surface area (Å²) in [6, 6.07) is 0.0334. The Morgan fingerprint density at radius 3 is 3.15 bits per heavy atom. The quantitative estimate of drug-likeness (QED) is 0.768. The van der Waals surface area contributed by atoms with Crippen molar-refractivity contribution in [2.75, 3.05) is 13.1 Å². The van der Waals surface area contributed by atoms with Crippen LogP contribution in [0.25, 0.3) is 0 Å². The van der Waals surface area contributed by atoms with E-state index in [0.29, 0.717) is 6.54 Å². The van der Waals surface area contributed by atoms with Gasteiger partial charge in [0.15, 0.2) is 0 Å². The molecule has 4 nitrogen and oxygen atoms in total. The third-order valence-electron chi connectivity index (χ3n) is 1.96. The molecular formula is C8H11N3OS. The van der Waals surface area contributed by atoms with E-state index in [9.17, 15) is 4.79 Å². The Hall–Kier alpha value is -1.10. The maximum Gasteiger partial charge on any atom is 0.317 e. The van der Waals surface area contributed by atoms with Gasteiger partial charge >= 0.3 is 6.03 Å². The molecule has 13 heavy (non-hydrogen) atoms. The van der Waals surface area contributed by atoms with Crippen molar-refractivity contribution in [3.05, 3.63) is 16.1 Å². The highest BCUT2D eigenvalue weighted by atomic mass is 32.1. The van der Waals surface area contributed by atoms with Crippen molar-refractivity contribution in [2.24, 2.45) is 0 Å². The van der Waals surface area contributed by atoms with Gasteiger partial charge in [0.25, 0.3) is 0 Å². The molecule has 1 N–H and O–H groups in total. The molecular weight excluding hydrogens is 186 g/mol. The molecule has 5 heteroatoms. The molecule has 1 aliphatic rings. The first-order chi connectivity index (χ1) is 6.25. The summed E-state index contributed by atoms with van der Waals surface area (Å²) < 4.78 is 0. The average Bonchev–Trinajstić information content (AvgIpc) is 2.64. The summed E-state index contributed by atoms with van der Waals surface area (Å²) in [4.78, 5) is 18.3. The van der Waals surface area contributed by atoms with Gasteiger partial charge in [0, 0.05) is 24.2 Å². The summed E-state index contributed by atoms with van der Waals surface area (Å²) in [7, 11) is 0. The second-order valence-electron chi connectivity index (χ2n) is 3.00. The fourth-order valence-corrected chi connectivity index (χ4v) is 2.14. The fraction of sp³-hybridized carbons (Fsp3) is 0.500. The minimum absolute atomic E-state index is 0.0334. The van der Waals surface area contributed by atoms with E-state index in [1.165, 1.54) is 0 Å². The van der Waals surface area contributed by atoms with Crippen LogP contribution in [0.2, 0.25) is 0 Å². The second-order valence-corrected chi connectivity index (χ2v) is 4.32. The Balaban J connectivity index is 2.01. The Kier molecular flexibility index (Phi) is 2.18. The van der Waals surface area contributed by atoms with Crippen molar-refractivity contribution in [1.82, 2.24) is 15.2 Å². The minimum Gasteiger partial charge on any atom is -0.336 e. The highest BCUT2D eigenvalue weighted by Gasteiger charge is 2.19. The number of amides is 2. The van der Waals surface area contributed by atoms with E-state index in [-0.39, 0.29) is 6.03 Å². The molecule has 1 aromatic heterocycles. The number of nitrogens with one attached hydrogen (secondary N) is 1. The second kappa shape index (κ2) is 3.33. The lowest BCUT2D eigenvalue weighted by molar-refractivity contribution is 0.216. The van der Waals surface area contributed by atoms with Crippen molar-refractivity contribution >= 4 is 17.4 Å². The standard InChI is InChI=1S/C8H11N3OS/c1-6-10-4-7(13-6)5-11-3-2-9-8(11)12/h4H,2-3,5H2,1H3,(H,9,12). The number of aromatic nitrogens is 1. The molecule has 0 spiro atoms. The van der Waals surface area contributed by atoms with Crippen molar-refractivity contribution in [1.29, 1.82) is 0 Å². The highest BCUT2D eigenvalue weighted by molar-refractivity contribution is 7.11. The molecule has 1 aromatic rings. The molecule has 0 saturated carbocycles. The Morgan fingerprint density at radius 2 is 2.62 bits per heavy atom. The zero-order valence-electron chi connectivity index (χ0n) is 7.41. The average molecular weight is 197 g/mol. The minimum atomic E-state index is 0.0334. The summed E-state index contributed by atoms with van der Waals surface area (Å²) in [6.07, 6.45) is 1.84. The SMILES string of the molecule is Cc1ncc(CN2CCNC2=O)s1. The first-order valence-electron chi connectivity index (χ1n) is 4.20. The number of aryl methyl sites for hydroxylation is 1. The number of hydrogen-bond acceptors (Lipinski definition) is 3. The normalized spacial score (nSPS) is 16.4. The lowest BCUT2D eigenvalue weighted by Gasteiger charge is -2.11. The van der Waals surface area contributed by atoms with Crippen LogP contribution in [0, 0.1) is 6.92 Å². The van der Waals surface area contributed by atoms with Crippen LogP contribution in [0.4, 0.5) is 4.79 Å². The first-order valence-corrected chi connectivity index (χ1v) is 5.01. The van der Waals surface area contributed by atoms with Gasteiger partial charge < -0.3 is 10.2 Å². The van der Waals surface area contributed by atoms with Gasteiger partial charge in [-0.3, -0.25) is 0 Å². The fourth-order valence-electron chi connectivity index (χ4n) is 1.33. The van der Waals surface area contributed by atoms with Gasteiger partial charge in [0.05, 0.1) is 11.6 Å². The predicted molar refractivity (Wildman–Crippen MR) is 50.7 cm³/mol. The maximum absolute atomic E-state index is 11.2. The molecule has 0 radical (unpaired) electrons. The number of rotatable bonds is 2. The van der Waals surface area contributed by atoms with Gasteiger partial charge in [-0.25, -0.2) is 9.78 Å². The van der Waals surface area contributed by atoms with Crippen LogP contribution in [-0.2, 0) is 6.54 Å². The molecule has 0 bridgehead atoms. The van der Waals surface area contributed by atoms with Crippen molar-refractivity contribution in [3.63, 3.8) is 0 Å². The first kappa shape index (κ1) is 8.50. The number of nitrogens with zero attached hydrogens (tertiary/aromatic N) is 2. The molecule has 2 heterocycles. The van der Waals surface area contributed by atoms with Crippen LogP contribution < -0.4 is 5.32 Å². The van der Waals surface area contributed by atoms with Crippen LogP contribution in [0.15, 0.2) is 6.20 Å². The van der Waals surface area contributed by atoms with E-state index in [1.54, 1.807) is 16.2 Å². The van der Waals surface area contributed by atoms with Crippen molar-refractivity contribution in [3.8, 4) is 0 Å². The number of carbonyl (C=O) groups excluding carboxylic acids is 1. The zero-order chi connectivity index (χ0) is 9.26. The lowest BCUT2D eigenvalue weighted by Crippen LogP contribution is -2.27. The van der Waals surface area contributed by atoms with E-state index >= 15 is 0 Å². The van der Waals surface area contributed by atoms with E-state index in [2.05, 4.69) is 10.3 Å². The molecule has 0 aliphatic carbocycles. The molecule has 70 valence electrons. The van der Waals surface area contributed by atoms with Crippen LogP contribution >= 0.6 is 11.3 Å². The van der Waals surface area contributed by atoms with Gasteiger partial charge in [-0.05, 0) is 6.92 Å². The maximum atomic E-state index is 11.2. The largest absolute Gasteiger partial charge is 0.336 e. The molecule has 1 fully saturated rings. The summed E-state index contributed by atoms with van der Waals surface area (Å²) >= 11 is 1.64. The number of thiazole rings is 1. The Bertz CT molecular complexity index is 323.